The lowest BCUT2D eigenvalue weighted by Crippen LogP contribution is -2.21. The summed E-state index contributed by atoms with van der Waals surface area (Å²) in [5, 5.41) is 0. The van der Waals surface area contributed by atoms with Gasteiger partial charge in [-0.3, -0.25) is 14.4 Å². The quantitative estimate of drug-likeness (QED) is 0.580. The molecule has 2 aromatic carbocycles. The largest absolute Gasteiger partial charge is 0.468 e. The molecule has 6 heteroatoms. The minimum Gasteiger partial charge on any atom is -0.468 e. The SMILES string of the molecule is COC(=O)C1Cc2ccc(F)cc2C1=O.O=C1CCc2ccc(F)cc21. The molecule has 2 aliphatic rings. The first-order valence-electron chi connectivity index (χ1n) is 8.13. The zero-order valence-electron chi connectivity index (χ0n) is 14.1. The average molecular weight is 358 g/mol. The minimum atomic E-state index is -0.799. The number of benzene rings is 2. The third-order valence-electron chi connectivity index (χ3n) is 4.56. The number of ketones is 2. The molecule has 0 radical (unpaired) electrons. The van der Waals surface area contributed by atoms with Crippen LogP contribution in [-0.2, 0) is 22.4 Å². The fourth-order valence-corrected chi connectivity index (χ4v) is 3.20. The third-order valence-corrected chi connectivity index (χ3v) is 4.56. The van der Waals surface area contributed by atoms with Gasteiger partial charge >= 0.3 is 5.97 Å². The average Bonchev–Trinajstić information content (AvgIpc) is 3.16. The lowest BCUT2D eigenvalue weighted by atomic mass is 10.1. The summed E-state index contributed by atoms with van der Waals surface area (Å²) >= 11 is 0. The Bertz CT molecular complexity index is 905. The summed E-state index contributed by atoms with van der Waals surface area (Å²) in [6.07, 6.45) is 1.62. The van der Waals surface area contributed by atoms with E-state index < -0.39 is 17.7 Å². The second-order valence-electron chi connectivity index (χ2n) is 6.17. The molecule has 2 aromatic rings. The fourth-order valence-electron chi connectivity index (χ4n) is 3.20. The molecule has 0 aliphatic heterocycles. The number of esters is 1. The van der Waals surface area contributed by atoms with Gasteiger partial charge < -0.3 is 4.74 Å². The smallest absolute Gasteiger partial charge is 0.316 e. The molecule has 1 atom stereocenters. The molecule has 4 nitrogen and oxygen atoms in total. The molecular weight excluding hydrogens is 342 g/mol. The number of halogens is 2. The van der Waals surface area contributed by atoms with Crippen molar-refractivity contribution in [3.05, 3.63) is 70.3 Å². The van der Waals surface area contributed by atoms with E-state index in [0.717, 1.165) is 12.0 Å². The van der Waals surface area contributed by atoms with Crippen molar-refractivity contribution in [3.63, 3.8) is 0 Å². The molecule has 0 bridgehead atoms. The van der Waals surface area contributed by atoms with Gasteiger partial charge in [0.2, 0.25) is 0 Å². The van der Waals surface area contributed by atoms with E-state index in [1.54, 1.807) is 6.07 Å². The Labute approximate surface area is 148 Å². The number of methoxy groups -OCH3 is 1. The van der Waals surface area contributed by atoms with E-state index in [4.69, 9.17) is 0 Å². The molecular formula is C20H16F2O4. The van der Waals surface area contributed by atoms with Crippen molar-refractivity contribution in [2.24, 2.45) is 5.92 Å². The zero-order chi connectivity index (χ0) is 18.8. The number of rotatable bonds is 1. The van der Waals surface area contributed by atoms with Gasteiger partial charge in [-0.15, -0.1) is 0 Å². The maximum Gasteiger partial charge on any atom is 0.316 e. The number of ether oxygens (including phenoxy) is 1. The highest BCUT2D eigenvalue weighted by atomic mass is 19.1. The van der Waals surface area contributed by atoms with Crippen LogP contribution in [0.15, 0.2) is 36.4 Å². The van der Waals surface area contributed by atoms with Crippen molar-refractivity contribution in [2.45, 2.75) is 19.3 Å². The number of carbonyl (C=O) groups excluding carboxylic acids is 3. The van der Waals surface area contributed by atoms with E-state index in [1.165, 1.54) is 37.4 Å². The number of fused-ring (bicyclic) bond motifs is 2. The lowest BCUT2D eigenvalue weighted by Gasteiger charge is -2.03. The maximum absolute atomic E-state index is 12.9. The van der Waals surface area contributed by atoms with Crippen LogP contribution in [0.2, 0.25) is 0 Å². The Morgan fingerprint density at radius 2 is 1.58 bits per heavy atom. The van der Waals surface area contributed by atoms with E-state index in [2.05, 4.69) is 4.74 Å². The fraction of sp³-hybridized carbons (Fsp3) is 0.250. The van der Waals surface area contributed by atoms with Crippen molar-refractivity contribution in [2.75, 3.05) is 7.11 Å². The normalized spacial score (nSPS) is 17.3. The molecule has 4 rings (SSSR count). The highest BCUT2D eigenvalue weighted by molar-refractivity contribution is 6.12. The molecule has 0 fully saturated rings. The van der Waals surface area contributed by atoms with E-state index in [1.807, 2.05) is 0 Å². The van der Waals surface area contributed by atoms with Crippen LogP contribution >= 0.6 is 0 Å². The Kier molecular flexibility index (Phi) is 4.93. The highest BCUT2D eigenvalue weighted by Gasteiger charge is 2.36. The molecule has 26 heavy (non-hydrogen) atoms. The minimum absolute atomic E-state index is 0.0690. The Hall–Kier alpha value is -2.89. The Morgan fingerprint density at radius 3 is 2.23 bits per heavy atom. The highest BCUT2D eigenvalue weighted by Crippen LogP contribution is 2.28. The van der Waals surface area contributed by atoms with Crippen LogP contribution in [0.25, 0.3) is 0 Å². The van der Waals surface area contributed by atoms with Gasteiger partial charge in [-0.05, 0) is 48.2 Å². The summed E-state index contributed by atoms with van der Waals surface area (Å²) in [6.45, 7) is 0. The summed E-state index contributed by atoms with van der Waals surface area (Å²) in [5.41, 5.74) is 2.56. The molecule has 0 amide bonds. The van der Waals surface area contributed by atoms with E-state index in [9.17, 15) is 23.2 Å². The van der Waals surface area contributed by atoms with Gasteiger partial charge in [-0.1, -0.05) is 12.1 Å². The second-order valence-corrected chi connectivity index (χ2v) is 6.17. The van der Waals surface area contributed by atoms with Gasteiger partial charge in [0.15, 0.2) is 11.6 Å². The number of Topliss-reactive ketones (excluding diaryl/α,β-unsaturated/α-hetero) is 2. The first-order chi connectivity index (χ1) is 12.4. The molecule has 1 unspecified atom stereocenters. The van der Waals surface area contributed by atoms with Gasteiger partial charge in [0, 0.05) is 17.5 Å². The van der Waals surface area contributed by atoms with Crippen LogP contribution in [0.5, 0.6) is 0 Å². The molecule has 134 valence electrons. The summed E-state index contributed by atoms with van der Waals surface area (Å²) in [5.74, 6) is -2.43. The van der Waals surface area contributed by atoms with Crippen LogP contribution in [0.4, 0.5) is 8.78 Å². The van der Waals surface area contributed by atoms with Crippen molar-refractivity contribution in [1.82, 2.24) is 0 Å². The van der Waals surface area contributed by atoms with Crippen LogP contribution in [-0.4, -0.2) is 24.6 Å². The molecule has 0 spiro atoms. The van der Waals surface area contributed by atoms with E-state index in [0.29, 0.717) is 29.5 Å². The van der Waals surface area contributed by atoms with Gasteiger partial charge in [-0.2, -0.15) is 0 Å². The van der Waals surface area contributed by atoms with Crippen LogP contribution in [0.1, 0.15) is 38.3 Å². The van der Waals surface area contributed by atoms with Crippen LogP contribution in [0, 0.1) is 17.6 Å². The molecule has 0 saturated heterocycles. The van der Waals surface area contributed by atoms with Gasteiger partial charge in [0.25, 0.3) is 0 Å². The third kappa shape index (κ3) is 3.40. The van der Waals surface area contributed by atoms with Gasteiger partial charge in [0.05, 0.1) is 7.11 Å². The predicted octanol–water partition coefficient (Wildman–Crippen LogP) is 3.31. The van der Waals surface area contributed by atoms with Gasteiger partial charge in [-0.25, -0.2) is 8.78 Å². The number of hydrogen-bond donors (Lipinski definition) is 0. The molecule has 2 aliphatic carbocycles. The van der Waals surface area contributed by atoms with Crippen molar-refractivity contribution in [1.29, 1.82) is 0 Å². The summed E-state index contributed by atoms with van der Waals surface area (Å²) < 4.78 is 30.0. The van der Waals surface area contributed by atoms with Crippen molar-refractivity contribution in [3.8, 4) is 0 Å². The van der Waals surface area contributed by atoms with Crippen LogP contribution in [0.3, 0.4) is 0 Å². The van der Waals surface area contributed by atoms with E-state index in [-0.39, 0.29) is 17.4 Å². The monoisotopic (exact) mass is 358 g/mol. The summed E-state index contributed by atoms with van der Waals surface area (Å²) in [4.78, 5) is 34.0. The molecule has 0 heterocycles. The number of hydrogen-bond acceptors (Lipinski definition) is 4. The Morgan fingerprint density at radius 1 is 0.962 bits per heavy atom. The molecule has 0 N–H and O–H groups in total. The lowest BCUT2D eigenvalue weighted by molar-refractivity contribution is -0.143. The number of carbonyl (C=O) groups is 3. The Balaban J connectivity index is 0.000000158. The van der Waals surface area contributed by atoms with Crippen molar-refractivity contribution >= 4 is 17.5 Å². The number of aryl methyl sites for hydroxylation is 1. The zero-order valence-corrected chi connectivity index (χ0v) is 14.1. The predicted molar refractivity (Wildman–Crippen MR) is 89.0 cm³/mol. The standard InChI is InChI=1S/C11H9FO3.C9H7FO/c1-15-11(14)9-4-6-2-3-7(12)5-8(6)10(9)13;10-7-3-1-6-2-4-9(11)8(6)5-7/h2-3,5,9H,4H2,1H3;1,3,5H,2,4H2. The topological polar surface area (TPSA) is 60.4 Å². The molecule has 0 saturated carbocycles. The summed E-state index contributed by atoms with van der Waals surface area (Å²) in [7, 11) is 1.24. The molecule has 0 aromatic heterocycles. The summed E-state index contributed by atoms with van der Waals surface area (Å²) in [6, 6.07) is 8.40. The first kappa shape index (κ1) is 17.9. The maximum atomic E-state index is 12.9. The van der Waals surface area contributed by atoms with Crippen molar-refractivity contribution < 1.29 is 27.9 Å². The first-order valence-corrected chi connectivity index (χ1v) is 8.13. The van der Waals surface area contributed by atoms with Crippen LogP contribution < -0.4 is 0 Å². The second kappa shape index (κ2) is 7.15. The van der Waals surface area contributed by atoms with E-state index >= 15 is 0 Å². The van der Waals surface area contributed by atoms with Gasteiger partial charge in [0.1, 0.15) is 17.6 Å².